The van der Waals surface area contributed by atoms with Gasteiger partial charge < -0.3 is 4.74 Å². The Hall–Kier alpha value is -1.68. The van der Waals surface area contributed by atoms with Crippen molar-refractivity contribution in [3.8, 4) is 11.3 Å². The lowest BCUT2D eigenvalue weighted by Crippen LogP contribution is -2.07. The quantitative estimate of drug-likeness (QED) is 0.688. The summed E-state index contributed by atoms with van der Waals surface area (Å²) in [7, 11) is 0. The molecule has 1 aliphatic carbocycles. The molecule has 3 rings (SSSR count). The molecule has 1 aromatic heterocycles. The first-order chi connectivity index (χ1) is 9.17. The minimum atomic E-state index is -0.195. The molecule has 0 atom stereocenters. The van der Waals surface area contributed by atoms with Crippen LogP contribution >= 0.6 is 11.3 Å². The fourth-order valence-electron chi connectivity index (χ4n) is 2.38. The Morgan fingerprint density at radius 2 is 2.32 bits per heavy atom. The highest BCUT2D eigenvalue weighted by atomic mass is 32.1. The largest absolute Gasteiger partial charge is 0.466 e. The third-order valence-electron chi connectivity index (χ3n) is 3.21. The Morgan fingerprint density at radius 1 is 1.47 bits per heavy atom. The second-order valence-corrected chi connectivity index (χ2v) is 5.87. The number of hydrogen-bond donors (Lipinski definition) is 0. The Kier molecular flexibility index (Phi) is 3.11. The van der Waals surface area contributed by atoms with E-state index in [1.165, 1.54) is 21.6 Å². The fraction of sp³-hybridized carbons (Fsp3) is 0.333. The number of esters is 1. The minimum absolute atomic E-state index is 0.195. The number of carbonyl (C=O) groups is 1. The summed E-state index contributed by atoms with van der Waals surface area (Å²) in [5, 5.41) is 0.857. The standard InChI is InChI=1S/C15H15NO2S/c1-3-18-14(17)8-13-16-15-11-6-9(2)4-5-10(11)7-12(15)19-13/h4-6H,3,7-8H2,1-2H3. The predicted molar refractivity (Wildman–Crippen MR) is 75.4 cm³/mol. The molecule has 0 N–H and O–H groups in total. The van der Waals surface area contributed by atoms with Gasteiger partial charge in [0.1, 0.15) is 5.01 Å². The summed E-state index contributed by atoms with van der Waals surface area (Å²) in [6.45, 7) is 4.33. The van der Waals surface area contributed by atoms with Crippen molar-refractivity contribution in [1.29, 1.82) is 0 Å². The lowest BCUT2D eigenvalue weighted by Gasteiger charge is -2.01. The van der Waals surface area contributed by atoms with Crippen molar-refractivity contribution in [3.63, 3.8) is 0 Å². The maximum Gasteiger partial charge on any atom is 0.312 e. The summed E-state index contributed by atoms with van der Waals surface area (Å²) in [5.41, 5.74) is 4.86. The van der Waals surface area contributed by atoms with Crippen molar-refractivity contribution in [2.75, 3.05) is 6.61 Å². The molecule has 0 bridgehead atoms. The van der Waals surface area contributed by atoms with Crippen molar-refractivity contribution in [3.05, 3.63) is 39.2 Å². The second-order valence-electron chi connectivity index (χ2n) is 4.70. The Bertz CT molecular complexity index is 646. The number of nitrogens with zero attached hydrogens (tertiary/aromatic N) is 1. The SMILES string of the molecule is CCOC(=O)Cc1nc2c(s1)Cc1ccc(C)cc1-2. The van der Waals surface area contributed by atoms with Gasteiger partial charge in [0.2, 0.25) is 0 Å². The average molecular weight is 273 g/mol. The van der Waals surface area contributed by atoms with Crippen LogP contribution in [0.4, 0.5) is 0 Å². The number of carbonyl (C=O) groups excluding carboxylic acids is 1. The van der Waals surface area contributed by atoms with Crippen molar-refractivity contribution in [1.82, 2.24) is 4.98 Å². The van der Waals surface area contributed by atoms with Crippen LogP contribution in [0.5, 0.6) is 0 Å². The number of ether oxygens (including phenoxy) is 1. The molecule has 0 fully saturated rings. The van der Waals surface area contributed by atoms with Crippen LogP contribution in [-0.2, 0) is 22.4 Å². The Labute approximate surface area is 116 Å². The minimum Gasteiger partial charge on any atom is -0.466 e. The molecule has 98 valence electrons. The summed E-state index contributed by atoms with van der Waals surface area (Å²) in [6.07, 6.45) is 1.22. The van der Waals surface area contributed by atoms with E-state index < -0.39 is 0 Å². The van der Waals surface area contributed by atoms with E-state index in [2.05, 4.69) is 30.1 Å². The average Bonchev–Trinajstić information content (AvgIpc) is 2.87. The molecule has 3 nitrogen and oxygen atoms in total. The van der Waals surface area contributed by atoms with Gasteiger partial charge in [-0.2, -0.15) is 0 Å². The highest BCUT2D eigenvalue weighted by Crippen LogP contribution is 2.39. The monoisotopic (exact) mass is 273 g/mol. The van der Waals surface area contributed by atoms with Gasteiger partial charge in [-0.3, -0.25) is 4.79 Å². The predicted octanol–water partition coefficient (Wildman–Crippen LogP) is 3.13. The van der Waals surface area contributed by atoms with Gasteiger partial charge in [0.25, 0.3) is 0 Å². The number of hydrogen-bond acceptors (Lipinski definition) is 4. The van der Waals surface area contributed by atoms with Crippen molar-refractivity contribution in [2.45, 2.75) is 26.7 Å². The number of thiazole rings is 1. The lowest BCUT2D eigenvalue weighted by atomic mass is 10.1. The molecule has 0 radical (unpaired) electrons. The number of fused-ring (bicyclic) bond motifs is 3. The first-order valence-corrected chi connectivity index (χ1v) is 7.23. The van der Waals surface area contributed by atoms with E-state index in [1.54, 1.807) is 11.3 Å². The lowest BCUT2D eigenvalue weighted by molar-refractivity contribution is -0.142. The topological polar surface area (TPSA) is 39.2 Å². The molecule has 0 saturated carbocycles. The number of rotatable bonds is 3. The Morgan fingerprint density at radius 3 is 3.11 bits per heavy atom. The van der Waals surface area contributed by atoms with Crippen LogP contribution in [-0.4, -0.2) is 17.6 Å². The van der Waals surface area contributed by atoms with Gasteiger partial charge >= 0.3 is 5.97 Å². The van der Waals surface area contributed by atoms with Gasteiger partial charge in [0.15, 0.2) is 0 Å². The first-order valence-electron chi connectivity index (χ1n) is 6.41. The molecule has 1 aromatic carbocycles. The maximum absolute atomic E-state index is 11.5. The molecule has 19 heavy (non-hydrogen) atoms. The fourth-order valence-corrected chi connectivity index (χ4v) is 3.47. The zero-order valence-electron chi connectivity index (χ0n) is 11.0. The molecule has 4 heteroatoms. The summed E-state index contributed by atoms with van der Waals surface area (Å²) in [5.74, 6) is -0.195. The number of aromatic nitrogens is 1. The number of benzene rings is 1. The van der Waals surface area contributed by atoms with Gasteiger partial charge in [-0.05, 0) is 25.5 Å². The van der Waals surface area contributed by atoms with Gasteiger partial charge in [-0.25, -0.2) is 4.98 Å². The molecule has 1 heterocycles. The van der Waals surface area contributed by atoms with Crippen molar-refractivity contribution in [2.24, 2.45) is 0 Å². The van der Waals surface area contributed by atoms with Crippen LogP contribution in [0.25, 0.3) is 11.3 Å². The second kappa shape index (κ2) is 4.78. The third-order valence-corrected chi connectivity index (χ3v) is 4.27. The van der Waals surface area contributed by atoms with Gasteiger partial charge in [-0.1, -0.05) is 17.7 Å². The molecular formula is C15H15NO2S. The first kappa shape index (κ1) is 12.4. The van der Waals surface area contributed by atoms with Crippen LogP contribution < -0.4 is 0 Å². The van der Waals surface area contributed by atoms with Crippen LogP contribution in [0.15, 0.2) is 18.2 Å². The normalized spacial score (nSPS) is 12.1. The smallest absolute Gasteiger partial charge is 0.312 e. The number of aryl methyl sites for hydroxylation is 1. The summed E-state index contributed by atoms with van der Waals surface area (Å²) in [4.78, 5) is 17.4. The molecule has 1 aliphatic rings. The van der Waals surface area contributed by atoms with E-state index in [0.29, 0.717) is 6.61 Å². The van der Waals surface area contributed by atoms with E-state index in [1.807, 2.05) is 6.92 Å². The van der Waals surface area contributed by atoms with Crippen LogP contribution in [0, 0.1) is 6.92 Å². The van der Waals surface area contributed by atoms with Gasteiger partial charge in [0, 0.05) is 16.9 Å². The Balaban J connectivity index is 1.89. The third kappa shape index (κ3) is 2.28. The zero-order valence-corrected chi connectivity index (χ0v) is 11.8. The van der Waals surface area contributed by atoms with Crippen LogP contribution in [0.3, 0.4) is 0 Å². The van der Waals surface area contributed by atoms with E-state index in [9.17, 15) is 4.79 Å². The summed E-state index contributed by atoms with van der Waals surface area (Å²) in [6, 6.07) is 6.48. The highest BCUT2D eigenvalue weighted by molar-refractivity contribution is 7.12. The van der Waals surface area contributed by atoms with Crippen LogP contribution in [0.1, 0.15) is 27.9 Å². The summed E-state index contributed by atoms with van der Waals surface area (Å²) < 4.78 is 4.96. The molecule has 2 aromatic rings. The molecule has 0 aliphatic heterocycles. The van der Waals surface area contributed by atoms with E-state index in [4.69, 9.17) is 4.74 Å². The molecule has 0 amide bonds. The molecule has 0 spiro atoms. The van der Waals surface area contributed by atoms with E-state index >= 15 is 0 Å². The van der Waals surface area contributed by atoms with Gasteiger partial charge in [-0.15, -0.1) is 11.3 Å². The van der Waals surface area contributed by atoms with Crippen molar-refractivity contribution >= 4 is 17.3 Å². The maximum atomic E-state index is 11.5. The van der Waals surface area contributed by atoms with Gasteiger partial charge in [0.05, 0.1) is 18.7 Å². The highest BCUT2D eigenvalue weighted by Gasteiger charge is 2.24. The van der Waals surface area contributed by atoms with E-state index in [-0.39, 0.29) is 12.4 Å². The molecule has 0 unspecified atom stereocenters. The van der Waals surface area contributed by atoms with Crippen LogP contribution in [0.2, 0.25) is 0 Å². The van der Waals surface area contributed by atoms with E-state index in [0.717, 1.165) is 17.1 Å². The summed E-state index contributed by atoms with van der Waals surface area (Å²) >= 11 is 1.63. The van der Waals surface area contributed by atoms with Crippen molar-refractivity contribution < 1.29 is 9.53 Å². The molecule has 0 saturated heterocycles. The molecular weight excluding hydrogens is 258 g/mol. The zero-order chi connectivity index (χ0) is 13.4.